The van der Waals surface area contributed by atoms with Gasteiger partial charge >= 0.3 is 0 Å². The van der Waals surface area contributed by atoms with Crippen LogP contribution >= 0.6 is 0 Å². The molecule has 1 saturated heterocycles. The Kier molecular flexibility index (Phi) is 3.48. The third-order valence-electron chi connectivity index (χ3n) is 2.46. The van der Waals surface area contributed by atoms with E-state index in [9.17, 15) is 0 Å². The Morgan fingerprint density at radius 3 is 2.54 bits per heavy atom. The normalized spacial score (nSPS) is 19.4. The van der Waals surface area contributed by atoms with Crippen molar-refractivity contribution in [2.75, 3.05) is 13.1 Å². The van der Waals surface area contributed by atoms with Gasteiger partial charge in [0.25, 0.3) is 0 Å². The number of likely N-dealkylation sites (tertiary alicyclic amines) is 1. The molecule has 1 aliphatic heterocycles. The van der Waals surface area contributed by atoms with Gasteiger partial charge in [0, 0.05) is 32.0 Å². The van der Waals surface area contributed by atoms with E-state index in [2.05, 4.69) is 30.6 Å². The lowest BCUT2D eigenvalue weighted by molar-refractivity contribution is 0.0388. The molecule has 74 valence electrons. The first-order chi connectivity index (χ1) is 6.19. The Labute approximate surface area is 80.7 Å². The monoisotopic (exact) mass is 181 g/mol. The second-order valence-corrected chi connectivity index (χ2v) is 3.71. The molecular formula is C10H19N3. The maximum absolute atomic E-state index is 3.96. The number of nitrogens with zero attached hydrogens (tertiary/aromatic N) is 3. The Bertz CT molecular complexity index is 192. The van der Waals surface area contributed by atoms with Crippen molar-refractivity contribution in [2.24, 2.45) is 5.10 Å². The fraction of sp³-hybridized carbons (Fsp3) is 0.700. The van der Waals surface area contributed by atoms with Gasteiger partial charge in [-0.05, 0) is 20.8 Å². The molecule has 0 amide bonds. The van der Waals surface area contributed by atoms with E-state index in [0.29, 0.717) is 12.1 Å². The number of hydrogen-bond donors (Lipinski definition) is 0. The zero-order valence-electron chi connectivity index (χ0n) is 8.77. The van der Waals surface area contributed by atoms with Crippen molar-refractivity contribution < 1.29 is 0 Å². The molecule has 0 aromatic heterocycles. The SMILES string of the molecule is C=NN(/C=C\C)C1CN(C(C)C)C1. The highest BCUT2D eigenvalue weighted by atomic mass is 15.5. The van der Waals surface area contributed by atoms with E-state index in [4.69, 9.17) is 0 Å². The van der Waals surface area contributed by atoms with Crippen molar-refractivity contribution in [1.29, 1.82) is 0 Å². The summed E-state index contributed by atoms with van der Waals surface area (Å²) in [4.78, 5) is 2.42. The zero-order valence-corrected chi connectivity index (χ0v) is 8.77. The summed E-state index contributed by atoms with van der Waals surface area (Å²) in [6.45, 7) is 12.2. The van der Waals surface area contributed by atoms with E-state index >= 15 is 0 Å². The van der Waals surface area contributed by atoms with Crippen LogP contribution in [-0.4, -0.2) is 41.8 Å². The van der Waals surface area contributed by atoms with Crippen molar-refractivity contribution in [3.05, 3.63) is 12.3 Å². The molecule has 0 spiro atoms. The minimum absolute atomic E-state index is 0.524. The van der Waals surface area contributed by atoms with Crippen LogP contribution in [0, 0.1) is 0 Å². The van der Waals surface area contributed by atoms with Gasteiger partial charge in [-0.3, -0.25) is 9.91 Å². The average molecular weight is 181 g/mol. The number of hydrogen-bond acceptors (Lipinski definition) is 3. The van der Waals surface area contributed by atoms with E-state index in [0.717, 1.165) is 13.1 Å². The molecule has 0 atom stereocenters. The Hall–Kier alpha value is -0.830. The molecule has 0 bridgehead atoms. The molecule has 0 aromatic carbocycles. The molecule has 0 radical (unpaired) electrons. The maximum atomic E-state index is 3.96. The summed E-state index contributed by atoms with van der Waals surface area (Å²) in [5, 5.41) is 5.91. The van der Waals surface area contributed by atoms with Crippen LogP contribution in [0.2, 0.25) is 0 Å². The van der Waals surface area contributed by atoms with Crippen molar-refractivity contribution in [2.45, 2.75) is 32.9 Å². The van der Waals surface area contributed by atoms with Crippen LogP contribution in [0.15, 0.2) is 17.4 Å². The summed E-state index contributed by atoms with van der Waals surface area (Å²) < 4.78 is 0. The number of hydrazone groups is 1. The molecule has 0 N–H and O–H groups in total. The Morgan fingerprint density at radius 2 is 2.15 bits per heavy atom. The first-order valence-electron chi connectivity index (χ1n) is 4.81. The molecule has 0 unspecified atom stereocenters. The zero-order chi connectivity index (χ0) is 9.84. The summed E-state index contributed by atoms with van der Waals surface area (Å²) in [7, 11) is 0. The van der Waals surface area contributed by atoms with Crippen LogP contribution in [0.4, 0.5) is 0 Å². The largest absolute Gasteiger partial charge is 0.297 e. The van der Waals surface area contributed by atoms with E-state index < -0.39 is 0 Å². The van der Waals surface area contributed by atoms with Crippen LogP contribution < -0.4 is 0 Å². The second kappa shape index (κ2) is 4.42. The molecule has 0 aromatic rings. The summed E-state index contributed by atoms with van der Waals surface area (Å²) in [6, 6.07) is 1.17. The van der Waals surface area contributed by atoms with Crippen molar-refractivity contribution >= 4 is 6.72 Å². The second-order valence-electron chi connectivity index (χ2n) is 3.71. The number of allylic oxidation sites excluding steroid dienone is 1. The lowest BCUT2D eigenvalue weighted by Crippen LogP contribution is -2.58. The third kappa shape index (κ3) is 2.31. The predicted octanol–water partition coefficient (Wildman–Crippen LogP) is 1.53. The molecule has 13 heavy (non-hydrogen) atoms. The first kappa shape index (κ1) is 10.3. The van der Waals surface area contributed by atoms with Gasteiger partial charge in [0.05, 0.1) is 6.04 Å². The van der Waals surface area contributed by atoms with E-state index in [1.54, 1.807) is 0 Å². The van der Waals surface area contributed by atoms with Crippen LogP contribution in [0.1, 0.15) is 20.8 Å². The highest BCUT2D eigenvalue weighted by molar-refractivity contribution is 5.23. The number of rotatable bonds is 4. The van der Waals surface area contributed by atoms with Crippen molar-refractivity contribution in [3.8, 4) is 0 Å². The van der Waals surface area contributed by atoms with Crippen LogP contribution in [-0.2, 0) is 0 Å². The van der Waals surface area contributed by atoms with Gasteiger partial charge in [-0.2, -0.15) is 5.10 Å². The fourth-order valence-electron chi connectivity index (χ4n) is 1.51. The van der Waals surface area contributed by atoms with Crippen LogP contribution in [0.25, 0.3) is 0 Å². The molecule has 0 saturated carbocycles. The minimum atomic E-state index is 0.524. The molecule has 1 aliphatic rings. The summed E-state index contributed by atoms with van der Waals surface area (Å²) in [5.41, 5.74) is 0. The summed E-state index contributed by atoms with van der Waals surface area (Å²) >= 11 is 0. The molecule has 1 heterocycles. The maximum Gasteiger partial charge on any atom is 0.0772 e. The highest BCUT2D eigenvalue weighted by Crippen LogP contribution is 2.17. The minimum Gasteiger partial charge on any atom is -0.297 e. The van der Waals surface area contributed by atoms with Gasteiger partial charge in [-0.25, -0.2) is 0 Å². The van der Waals surface area contributed by atoms with Gasteiger partial charge in [0.2, 0.25) is 0 Å². The van der Waals surface area contributed by atoms with Gasteiger partial charge < -0.3 is 0 Å². The lowest BCUT2D eigenvalue weighted by atomic mass is 10.1. The van der Waals surface area contributed by atoms with Gasteiger partial charge in [0.1, 0.15) is 0 Å². The summed E-state index contributed by atoms with van der Waals surface area (Å²) in [5.74, 6) is 0. The highest BCUT2D eigenvalue weighted by Gasteiger charge is 2.31. The van der Waals surface area contributed by atoms with E-state index in [1.807, 2.05) is 24.2 Å². The first-order valence-corrected chi connectivity index (χ1v) is 4.81. The van der Waals surface area contributed by atoms with Crippen molar-refractivity contribution in [1.82, 2.24) is 9.91 Å². The molecule has 3 heteroatoms. The molecule has 0 aliphatic carbocycles. The van der Waals surface area contributed by atoms with Crippen LogP contribution in [0.3, 0.4) is 0 Å². The smallest absolute Gasteiger partial charge is 0.0772 e. The van der Waals surface area contributed by atoms with Crippen molar-refractivity contribution in [3.63, 3.8) is 0 Å². The van der Waals surface area contributed by atoms with E-state index in [1.165, 1.54) is 0 Å². The molecule has 3 nitrogen and oxygen atoms in total. The lowest BCUT2D eigenvalue weighted by Gasteiger charge is -2.45. The average Bonchev–Trinajstić information content (AvgIpc) is 1.99. The van der Waals surface area contributed by atoms with E-state index in [-0.39, 0.29) is 0 Å². The Balaban J connectivity index is 2.36. The molecule has 1 rings (SSSR count). The third-order valence-corrected chi connectivity index (χ3v) is 2.46. The summed E-state index contributed by atoms with van der Waals surface area (Å²) in [6.07, 6.45) is 3.97. The fourth-order valence-corrected chi connectivity index (χ4v) is 1.51. The predicted molar refractivity (Wildman–Crippen MR) is 56.7 cm³/mol. The molecular weight excluding hydrogens is 162 g/mol. The topological polar surface area (TPSA) is 18.8 Å². The molecule has 1 fully saturated rings. The van der Waals surface area contributed by atoms with Gasteiger partial charge in [-0.15, -0.1) is 0 Å². The Morgan fingerprint density at radius 1 is 1.54 bits per heavy atom. The van der Waals surface area contributed by atoms with Crippen LogP contribution in [0.5, 0.6) is 0 Å². The standard InChI is InChI=1S/C10H19N3/c1-5-6-13(11-4)10-7-12(8-10)9(2)3/h5-6,9-10H,4,7-8H2,1-3H3/b6-5-. The van der Waals surface area contributed by atoms with Gasteiger partial charge in [0.15, 0.2) is 0 Å². The van der Waals surface area contributed by atoms with Gasteiger partial charge in [-0.1, -0.05) is 6.08 Å². The quantitative estimate of drug-likeness (QED) is 0.484.